The first kappa shape index (κ1) is 16.2. The van der Waals surface area contributed by atoms with Gasteiger partial charge in [0.15, 0.2) is 0 Å². The molecule has 0 radical (unpaired) electrons. The second kappa shape index (κ2) is 6.92. The van der Waals surface area contributed by atoms with Crippen LogP contribution in [0.25, 0.3) is 17.1 Å². The zero-order valence-electron chi connectivity index (χ0n) is 14.3. The first-order chi connectivity index (χ1) is 12.7. The lowest BCUT2D eigenvalue weighted by Gasteiger charge is -2.21. The summed E-state index contributed by atoms with van der Waals surface area (Å²) in [5.74, 6) is -0.202. The van der Waals surface area contributed by atoms with Crippen molar-refractivity contribution in [1.82, 2.24) is 9.97 Å². The van der Waals surface area contributed by atoms with E-state index in [-0.39, 0.29) is 11.6 Å². The highest BCUT2D eigenvalue weighted by atomic mass is 16.1. The minimum atomic E-state index is -0.250. The van der Waals surface area contributed by atoms with E-state index >= 15 is 0 Å². The summed E-state index contributed by atoms with van der Waals surface area (Å²) < 4.78 is 0. The first-order valence-corrected chi connectivity index (χ1v) is 8.74. The van der Waals surface area contributed by atoms with Crippen LogP contribution in [-0.4, -0.2) is 29.0 Å². The smallest absolute Gasteiger partial charge is 0.323 e. The summed E-state index contributed by atoms with van der Waals surface area (Å²) in [7, 11) is 0. The number of fused-ring (bicyclic) bond motifs is 1. The number of aromatic nitrogens is 2. The van der Waals surface area contributed by atoms with Crippen LogP contribution < -0.4 is 15.9 Å². The Morgan fingerprint density at radius 2 is 1.73 bits per heavy atom. The lowest BCUT2D eigenvalue weighted by Crippen LogP contribution is -2.20. The Morgan fingerprint density at radius 3 is 2.46 bits per heavy atom. The first-order valence-electron chi connectivity index (χ1n) is 8.74. The second-order valence-electron chi connectivity index (χ2n) is 6.42. The lowest BCUT2D eigenvalue weighted by molar-refractivity contribution is -0.111. The minimum Gasteiger partial charge on any atom is -0.370 e. The number of nitrogens with one attached hydrogen (secondary N) is 3. The molecule has 0 unspecified atom stereocenters. The second-order valence-corrected chi connectivity index (χ2v) is 6.42. The van der Waals surface area contributed by atoms with E-state index < -0.39 is 0 Å². The molecule has 1 fully saturated rings. The van der Waals surface area contributed by atoms with Crippen LogP contribution in [0.4, 0.5) is 11.4 Å². The minimum absolute atomic E-state index is 0.202. The molecule has 6 nitrogen and oxygen atoms in total. The number of rotatable bonds is 4. The van der Waals surface area contributed by atoms with Gasteiger partial charge in [-0.05, 0) is 36.6 Å². The maximum Gasteiger partial charge on any atom is 0.323 e. The van der Waals surface area contributed by atoms with Crippen LogP contribution >= 0.6 is 0 Å². The van der Waals surface area contributed by atoms with Crippen molar-refractivity contribution in [3.63, 3.8) is 0 Å². The molecule has 1 aliphatic rings. The van der Waals surface area contributed by atoms with Crippen molar-refractivity contribution in [2.45, 2.75) is 12.8 Å². The highest BCUT2D eigenvalue weighted by molar-refractivity contribution is 6.05. The Morgan fingerprint density at radius 1 is 1.04 bits per heavy atom. The van der Waals surface area contributed by atoms with Gasteiger partial charge < -0.3 is 20.2 Å². The standard InChI is InChI=1S/C20H20N4O2/c25-19(9-8-14-6-2-1-3-7-14)21-17-12-15-16(23-20(26)22-15)13-18(17)24-10-4-5-11-24/h1-3,6-9,12-13H,4-5,10-11H2,(H,21,25)(H2,22,23,26)/b9-8+. The molecule has 0 bridgehead atoms. The highest BCUT2D eigenvalue weighted by Crippen LogP contribution is 2.32. The van der Waals surface area contributed by atoms with Crippen LogP contribution in [0.3, 0.4) is 0 Å². The number of carbonyl (C=O) groups excluding carboxylic acids is 1. The van der Waals surface area contributed by atoms with Crippen LogP contribution in [0.15, 0.2) is 53.3 Å². The molecule has 3 aromatic rings. The predicted molar refractivity (Wildman–Crippen MR) is 104 cm³/mol. The number of nitrogens with zero attached hydrogens (tertiary/aromatic N) is 1. The molecule has 0 saturated carbocycles. The molecular formula is C20H20N4O2. The van der Waals surface area contributed by atoms with E-state index in [1.165, 1.54) is 6.08 Å². The molecule has 2 heterocycles. The van der Waals surface area contributed by atoms with Crippen LogP contribution in [0, 0.1) is 0 Å². The van der Waals surface area contributed by atoms with Gasteiger partial charge in [0.1, 0.15) is 0 Å². The predicted octanol–water partition coefficient (Wildman–Crippen LogP) is 3.11. The highest BCUT2D eigenvalue weighted by Gasteiger charge is 2.18. The molecule has 4 rings (SSSR count). The van der Waals surface area contributed by atoms with Gasteiger partial charge >= 0.3 is 5.69 Å². The monoisotopic (exact) mass is 348 g/mol. The van der Waals surface area contributed by atoms with Gasteiger partial charge in [-0.25, -0.2) is 4.79 Å². The number of carbonyl (C=O) groups is 1. The van der Waals surface area contributed by atoms with E-state index in [9.17, 15) is 9.59 Å². The van der Waals surface area contributed by atoms with E-state index in [1.54, 1.807) is 6.08 Å². The zero-order chi connectivity index (χ0) is 17.9. The normalized spacial score (nSPS) is 14.4. The van der Waals surface area contributed by atoms with Crippen LogP contribution in [0.2, 0.25) is 0 Å². The maximum atomic E-state index is 12.4. The molecule has 3 N–H and O–H groups in total. The molecule has 26 heavy (non-hydrogen) atoms. The van der Waals surface area contributed by atoms with Gasteiger partial charge in [-0.1, -0.05) is 30.3 Å². The summed E-state index contributed by atoms with van der Waals surface area (Å²) in [4.78, 5) is 31.8. The molecular weight excluding hydrogens is 328 g/mol. The molecule has 1 aromatic heterocycles. The van der Waals surface area contributed by atoms with Crippen LogP contribution in [0.1, 0.15) is 18.4 Å². The quantitative estimate of drug-likeness (QED) is 0.634. The summed E-state index contributed by atoms with van der Waals surface area (Å²) in [6, 6.07) is 13.4. The van der Waals surface area contributed by atoms with Crippen LogP contribution in [0.5, 0.6) is 0 Å². The molecule has 1 amide bonds. The number of anilines is 2. The molecule has 0 atom stereocenters. The van der Waals surface area contributed by atoms with Crippen molar-refractivity contribution < 1.29 is 4.79 Å². The van der Waals surface area contributed by atoms with Crippen molar-refractivity contribution in [1.29, 1.82) is 0 Å². The van der Waals surface area contributed by atoms with Crippen molar-refractivity contribution >= 4 is 34.4 Å². The molecule has 0 spiro atoms. The van der Waals surface area contributed by atoms with E-state index in [4.69, 9.17) is 0 Å². The Hall–Kier alpha value is -3.28. The summed E-state index contributed by atoms with van der Waals surface area (Å²) in [5.41, 5.74) is 3.78. The largest absolute Gasteiger partial charge is 0.370 e. The third-order valence-electron chi connectivity index (χ3n) is 4.56. The summed E-state index contributed by atoms with van der Waals surface area (Å²) in [6.45, 7) is 1.89. The Labute approximate surface area is 150 Å². The average molecular weight is 348 g/mol. The van der Waals surface area contributed by atoms with Gasteiger partial charge in [0.05, 0.1) is 22.4 Å². The van der Waals surface area contributed by atoms with Gasteiger partial charge in [0, 0.05) is 19.2 Å². The number of benzene rings is 2. The topological polar surface area (TPSA) is 81.0 Å². The number of imidazole rings is 1. The zero-order valence-corrected chi connectivity index (χ0v) is 14.3. The number of hydrogen-bond donors (Lipinski definition) is 3. The van der Waals surface area contributed by atoms with Gasteiger partial charge in [-0.2, -0.15) is 0 Å². The third-order valence-corrected chi connectivity index (χ3v) is 4.56. The summed E-state index contributed by atoms with van der Waals surface area (Å²) >= 11 is 0. The molecule has 2 aromatic carbocycles. The van der Waals surface area contributed by atoms with Gasteiger partial charge in [-0.15, -0.1) is 0 Å². The number of hydrogen-bond acceptors (Lipinski definition) is 3. The number of H-pyrrole nitrogens is 2. The Kier molecular flexibility index (Phi) is 4.31. The van der Waals surface area contributed by atoms with Gasteiger partial charge in [0.25, 0.3) is 0 Å². The fraction of sp³-hybridized carbons (Fsp3) is 0.200. The SMILES string of the molecule is O=C(/C=C/c1ccccc1)Nc1cc2[nH]c(=O)[nH]c2cc1N1CCCC1. The molecule has 1 saturated heterocycles. The third kappa shape index (κ3) is 3.39. The molecule has 132 valence electrons. The maximum absolute atomic E-state index is 12.4. The van der Waals surface area contributed by atoms with Crippen molar-refractivity contribution in [2.75, 3.05) is 23.3 Å². The fourth-order valence-electron chi connectivity index (χ4n) is 3.30. The van der Waals surface area contributed by atoms with Crippen molar-refractivity contribution in [3.8, 4) is 0 Å². The van der Waals surface area contributed by atoms with E-state index in [0.717, 1.165) is 42.7 Å². The number of amides is 1. The van der Waals surface area contributed by atoms with Crippen molar-refractivity contribution in [2.24, 2.45) is 0 Å². The van der Waals surface area contributed by atoms with E-state index in [2.05, 4.69) is 20.2 Å². The number of aromatic amines is 2. The van der Waals surface area contributed by atoms with Gasteiger partial charge in [-0.3, -0.25) is 4.79 Å². The molecule has 1 aliphatic heterocycles. The van der Waals surface area contributed by atoms with E-state index in [0.29, 0.717) is 11.2 Å². The van der Waals surface area contributed by atoms with Gasteiger partial charge in [0.2, 0.25) is 5.91 Å². The average Bonchev–Trinajstić information content (AvgIpc) is 3.28. The molecule has 0 aliphatic carbocycles. The lowest BCUT2D eigenvalue weighted by atomic mass is 10.2. The molecule has 6 heteroatoms. The fourth-order valence-corrected chi connectivity index (χ4v) is 3.30. The Balaban J connectivity index is 1.63. The summed E-state index contributed by atoms with van der Waals surface area (Å²) in [5, 5.41) is 2.96. The Bertz CT molecular complexity index is 1010. The van der Waals surface area contributed by atoms with Crippen molar-refractivity contribution in [3.05, 3.63) is 64.6 Å². The van der Waals surface area contributed by atoms with Crippen LogP contribution in [-0.2, 0) is 4.79 Å². The van der Waals surface area contributed by atoms with E-state index in [1.807, 2.05) is 42.5 Å². The summed E-state index contributed by atoms with van der Waals surface area (Å²) in [6.07, 6.45) is 5.56.